The van der Waals surface area contributed by atoms with Crippen LogP contribution in [0.1, 0.15) is 11.1 Å². The Morgan fingerprint density at radius 3 is 2.23 bits per heavy atom. The van der Waals surface area contributed by atoms with Crippen molar-refractivity contribution in [3.8, 4) is 5.75 Å². The normalized spacial score (nSPS) is 10.2. The molecule has 0 radical (unpaired) electrons. The molecule has 2 rings (SSSR count). The summed E-state index contributed by atoms with van der Waals surface area (Å²) in [4.78, 5) is 2.13. The number of nitrogens with one attached hydrogen (secondary N) is 1. The van der Waals surface area contributed by atoms with Crippen molar-refractivity contribution in [1.82, 2.24) is 10.2 Å². The maximum absolute atomic E-state index is 6.19. The summed E-state index contributed by atoms with van der Waals surface area (Å²) in [6.45, 7) is 2.93. The van der Waals surface area contributed by atoms with Crippen LogP contribution in [0, 0.1) is 0 Å². The summed E-state index contributed by atoms with van der Waals surface area (Å²) in [6, 6.07) is 11.0. The fourth-order valence-corrected chi connectivity index (χ4v) is 2.80. The molecule has 0 fully saturated rings. The Morgan fingerprint density at radius 1 is 0.923 bits per heavy atom. The first-order valence-corrected chi connectivity index (χ1v) is 8.79. The average molecular weight is 461 g/mol. The molecule has 0 aliphatic rings. The van der Waals surface area contributed by atoms with Gasteiger partial charge in [-0.25, -0.2) is 0 Å². The van der Waals surface area contributed by atoms with Crippen molar-refractivity contribution in [2.24, 2.45) is 0 Å². The third-order valence-electron chi connectivity index (χ3n) is 3.47. The zero-order chi connectivity index (χ0) is 17.5. The van der Waals surface area contributed by atoms with E-state index in [1.807, 2.05) is 38.4 Å². The standard InChI is InChI=1S/C18H21Cl3N2O.2ClH/c1-23(2)8-7-22-11-14-9-15(19)5-6-18(14)24-12-13-3-4-16(20)10-17(13)21;;/h3-6,9-10,22H,7-8,11-12H2,1-2H3;2*1H. The number of hydrogen-bond acceptors (Lipinski definition) is 3. The monoisotopic (exact) mass is 458 g/mol. The highest BCUT2D eigenvalue weighted by Crippen LogP contribution is 2.26. The van der Waals surface area contributed by atoms with E-state index in [0.29, 0.717) is 28.2 Å². The van der Waals surface area contributed by atoms with E-state index in [1.54, 1.807) is 12.1 Å². The first-order chi connectivity index (χ1) is 11.5. The average Bonchev–Trinajstić information content (AvgIpc) is 2.52. The Hall–Kier alpha value is -0.390. The van der Waals surface area contributed by atoms with E-state index in [-0.39, 0.29) is 24.8 Å². The Labute approximate surface area is 182 Å². The van der Waals surface area contributed by atoms with E-state index in [2.05, 4.69) is 10.2 Å². The largest absolute Gasteiger partial charge is 0.489 e. The second-order valence-electron chi connectivity index (χ2n) is 5.76. The molecular weight excluding hydrogens is 437 g/mol. The van der Waals surface area contributed by atoms with Crippen LogP contribution in [0.15, 0.2) is 36.4 Å². The summed E-state index contributed by atoms with van der Waals surface area (Å²) in [5.41, 5.74) is 1.91. The summed E-state index contributed by atoms with van der Waals surface area (Å²) in [7, 11) is 4.09. The van der Waals surface area contributed by atoms with E-state index in [1.165, 1.54) is 0 Å². The van der Waals surface area contributed by atoms with Crippen molar-refractivity contribution >= 4 is 59.6 Å². The zero-order valence-electron chi connectivity index (χ0n) is 14.6. The number of hydrogen-bond donors (Lipinski definition) is 1. The second-order valence-corrected chi connectivity index (χ2v) is 7.04. The van der Waals surface area contributed by atoms with E-state index < -0.39 is 0 Å². The van der Waals surface area contributed by atoms with Crippen LogP contribution in [0.3, 0.4) is 0 Å². The minimum atomic E-state index is 0. The molecule has 0 bridgehead atoms. The van der Waals surface area contributed by atoms with Crippen molar-refractivity contribution in [3.05, 3.63) is 62.6 Å². The predicted molar refractivity (Wildman–Crippen MR) is 117 cm³/mol. The molecule has 146 valence electrons. The molecular formula is C18H23Cl5N2O. The maximum atomic E-state index is 6.19. The fraction of sp³-hybridized carbons (Fsp3) is 0.333. The van der Waals surface area contributed by atoms with Crippen molar-refractivity contribution in [3.63, 3.8) is 0 Å². The zero-order valence-corrected chi connectivity index (χ0v) is 18.5. The third kappa shape index (κ3) is 8.53. The number of rotatable bonds is 8. The van der Waals surface area contributed by atoms with Crippen LogP contribution in [0.4, 0.5) is 0 Å². The Balaban J connectivity index is 0.00000312. The van der Waals surface area contributed by atoms with Gasteiger partial charge in [-0.05, 0) is 44.4 Å². The molecule has 0 saturated heterocycles. The highest BCUT2D eigenvalue weighted by atomic mass is 35.5. The SMILES string of the molecule is CN(C)CCNCc1cc(Cl)ccc1OCc1ccc(Cl)cc1Cl.Cl.Cl. The minimum Gasteiger partial charge on any atom is -0.489 e. The van der Waals surface area contributed by atoms with Gasteiger partial charge in [0.15, 0.2) is 0 Å². The number of halogens is 5. The lowest BCUT2D eigenvalue weighted by atomic mass is 10.2. The summed E-state index contributed by atoms with van der Waals surface area (Å²) < 4.78 is 5.94. The van der Waals surface area contributed by atoms with Gasteiger partial charge < -0.3 is 15.0 Å². The summed E-state index contributed by atoms with van der Waals surface area (Å²) in [5.74, 6) is 0.794. The van der Waals surface area contributed by atoms with Crippen LogP contribution in [0.5, 0.6) is 5.75 Å². The molecule has 0 aliphatic heterocycles. The summed E-state index contributed by atoms with van der Waals surface area (Å²) in [5, 5.41) is 5.30. The van der Waals surface area contributed by atoms with Crippen molar-refractivity contribution in [2.45, 2.75) is 13.2 Å². The van der Waals surface area contributed by atoms with Crippen LogP contribution in [0.2, 0.25) is 15.1 Å². The van der Waals surface area contributed by atoms with Gasteiger partial charge >= 0.3 is 0 Å². The van der Waals surface area contributed by atoms with E-state index >= 15 is 0 Å². The fourth-order valence-electron chi connectivity index (χ4n) is 2.15. The van der Waals surface area contributed by atoms with Gasteiger partial charge in [0.05, 0.1) is 0 Å². The molecule has 26 heavy (non-hydrogen) atoms. The van der Waals surface area contributed by atoms with Crippen molar-refractivity contribution in [2.75, 3.05) is 27.2 Å². The Kier molecular flexibility index (Phi) is 12.7. The van der Waals surface area contributed by atoms with Crippen molar-refractivity contribution in [1.29, 1.82) is 0 Å². The number of benzene rings is 2. The molecule has 2 aromatic carbocycles. The lowest BCUT2D eigenvalue weighted by molar-refractivity contribution is 0.302. The molecule has 0 aliphatic carbocycles. The Morgan fingerprint density at radius 2 is 1.58 bits per heavy atom. The van der Waals surface area contributed by atoms with Gasteiger partial charge in [0.1, 0.15) is 12.4 Å². The minimum absolute atomic E-state index is 0. The predicted octanol–water partition coefficient (Wildman–Crippen LogP) is 5.72. The smallest absolute Gasteiger partial charge is 0.124 e. The van der Waals surface area contributed by atoms with Crippen LogP contribution in [0.25, 0.3) is 0 Å². The molecule has 1 N–H and O–H groups in total. The van der Waals surface area contributed by atoms with Crippen LogP contribution < -0.4 is 10.1 Å². The molecule has 0 amide bonds. The quantitative estimate of drug-likeness (QED) is 0.510. The molecule has 0 spiro atoms. The van der Waals surface area contributed by atoms with Gasteiger partial charge in [-0.3, -0.25) is 0 Å². The molecule has 0 unspecified atom stereocenters. The molecule has 0 heterocycles. The number of likely N-dealkylation sites (N-methyl/N-ethyl adjacent to an activating group) is 1. The third-order valence-corrected chi connectivity index (χ3v) is 4.29. The maximum Gasteiger partial charge on any atom is 0.124 e. The van der Waals surface area contributed by atoms with Crippen LogP contribution in [-0.4, -0.2) is 32.1 Å². The van der Waals surface area contributed by atoms with Gasteiger partial charge in [-0.1, -0.05) is 40.9 Å². The molecule has 3 nitrogen and oxygen atoms in total. The number of nitrogens with zero attached hydrogens (tertiary/aromatic N) is 1. The van der Waals surface area contributed by atoms with Gasteiger partial charge in [0.25, 0.3) is 0 Å². The van der Waals surface area contributed by atoms with Gasteiger partial charge in [0.2, 0.25) is 0 Å². The first-order valence-electron chi connectivity index (χ1n) is 7.66. The topological polar surface area (TPSA) is 24.5 Å². The molecule has 8 heteroatoms. The van der Waals surface area contributed by atoms with E-state index in [4.69, 9.17) is 39.5 Å². The van der Waals surface area contributed by atoms with Crippen molar-refractivity contribution < 1.29 is 4.74 Å². The van der Waals surface area contributed by atoms with E-state index in [9.17, 15) is 0 Å². The summed E-state index contributed by atoms with van der Waals surface area (Å²) >= 11 is 18.2. The molecule has 0 atom stereocenters. The molecule has 0 aromatic heterocycles. The highest BCUT2D eigenvalue weighted by molar-refractivity contribution is 6.35. The van der Waals surface area contributed by atoms with Gasteiger partial charge in [-0.2, -0.15) is 0 Å². The Bertz CT molecular complexity index is 683. The lowest BCUT2D eigenvalue weighted by Crippen LogP contribution is -2.26. The second kappa shape index (κ2) is 12.9. The molecule has 0 saturated carbocycles. The summed E-state index contributed by atoms with van der Waals surface area (Å²) in [6.07, 6.45) is 0. The molecule has 2 aromatic rings. The van der Waals surface area contributed by atoms with Crippen LogP contribution >= 0.6 is 59.6 Å². The first kappa shape index (κ1) is 25.6. The van der Waals surface area contributed by atoms with E-state index in [0.717, 1.165) is 30.0 Å². The number of ether oxygens (including phenoxy) is 1. The van der Waals surface area contributed by atoms with Gasteiger partial charge in [0, 0.05) is 45.8 Å². The van der Waals surface area contributed by atoms with Crippen LogP contribution in [-0.2, 0) is 13.2 Å². The highest BCUT2D eigenvalue weighted by Gasteiger charge is 2.07. The lowest BCUT2D eigenvalue weighted by Gasteiger charge is -2.15. The van der Waals surface area contributed by atoms with Gasteiger partial charge in [-0.15, -0.1) is 24.8 Å².